The number of amides is 1. The van der Waals surface area contributed by atoms with Crippen molar-refractivity contribution in [1.29, 1.82) is 0 Å². The minimum atomic E-state index is -0.482. The fourth-order valence-electron chi connectivity index (χ4n) is 3.22. The highest BCUT2D eigenvalue weighted by Gasteiger charge is 2.33. The number of H-pyrrole nitrogens is 1. The summed E-state index contributed by atoms with van der Waals surface area (Å²) in [4.78, 5) is 12.5. The molecular formula is C16H29ClN4O. The van der Waals surface area contributed by atoms with Crippen LogP contribution in [0.3, 0.4) is 0 Å². The monoisotopic (exact) mass is 328 g/mol. The quantitative estimate of drug-likeness (QED) is 0.746. The summed E-state index contributed by atoms with van der Waals surface area (Å²) in [6.07, 6.45) is 7.82. The third kappa shape index (κ3) is 4.02. The number of nitrogens with zero attached hydrogens (tertiary/aromatic N) is 1. The maximum atomic E-state index is 12.5. The van der Waals surface area contributed by atoms with Crippen molar-refractivity contribution < 1.29 is 4.79 Å². The summed E-state index contributed by atoms with van der Waals surface area (Å²) >= 11 is 0. The van der Waals surface area contributed by atoms with Crippen LogP contribution in [0.1, 0.15) is 70.4 Å². The number of carbonyl (C=O) groups is 1. The van der Waals surface area contributed by atoms with Gasteiger partial charge in [-0.25, -0.2) is 0 Å². The molecule has 1 aliphatic rings. The summed E-state index contributed by atoms with van der Waals surface area (Å²) in [5.74, 6) is 1.17. The zero-order valence-corrected chi connectivity index (χ0v) is 14.5. The first-order valence-corrected chi connectivity index (χ1v) is 8.22. The molecule has 0 atom stereocenters. The lowest BCUT2D eigenvalue weighted by molar-refractivity contribution is -0.125. The molecule has 22 heavy (non-hydrogen) atoms. The zero-order valence-electron chi connectivity index (χ0n) is 13.7. The van der Waals surface area contributed by atoms with E-state index in [2.05, 4.69) is 15.5 Å². The van der Waals surface area contributed by atoms with Crippen molar-refractivity contribution in [1.82, 2.24) is 10.2 Å². The van der Waals surface area contributed by atoms with Gasteiger partial charge in [0.15, 0.2) is 5.82 Å². The number of rotatable bonds is 6. The van der Waals surface area contributed by atoms with E-state index < -0.39 is 5.41 Å². The highest BCUT2D eigenvalue weighted by molar-refractivity contribution is 5.94. The molecule has 6 heteroatoms. The fourth-order valence-corrected chi connectivity index (χ4v) is 3.22. The second-order valence-electron chi connectivity index (χ2n) is 6.19. The highest BCUT2D eigenvalue weighted by Crippen LogP contribution is 2.33. The average Bonchev–Trinajstić information content (AvgIpc) is 2.99. The summed E-state index contributed by atoms with van der Waals surface area (Å²) < 4.78 is 0. The number of aromatic nitrogens is 2. The highest BCUT2D eigenvalue weighted by atomic mass is 35.5. The van der Waals surface area contributed by atoms with E-state index in [0.29, 0.717) is 18.3 Å². The molecular weight excluding hydrogens is 300 g/mol. The first kappa shape index (κ1) is 19.0. The van der Waals surface area contributed by atoms with Crippen molar-refractivity contribution >= 4 is 24.1 Å². The van der Waals surface area contributed by atoms with Crippen molar-refractivity contribution in [2.24, 2.45) is 11.1 Å². The smallest absolute Gasteiger partial charge is 0.233 e. The van der Waals surface area contributed by atoms with Gasteiger partial charge in [0, 0.05) is 24.2 Å². The van der Waals surface area contributed by atoms with E-state index in [1.807, 2.05) is 19.9 Å². The molecule has 0 radical (unpaired) electrons. The number of hydrogen-bond donors (Lipinski definition) is 3. The molecule has 2 rings (SSSR count). The molecule has 4 N–H and O–H groups in total. The van der Waals surface area contributed by atoms with E-state index in [1.54, 1.807) is 0 Å². The van der Waals surface area contributed by atoms with Gasteiger partial charge in [0.05, 0.1) is 5.41 Å². The van der Waals surface area contributed by atoms with Crippen molar-refractivity contribution in [3.8, 4) is 0 Å². The lowest BCUT2D eigenvalue weighted by atomic mass is 9.81. The predicted molar refractivity (Wildman–Crippen MR) is 92.4 cm³/mol. The van der Waals surface area contributed by atoms with Crippen LogP contribution in [-0.2, 0) is 4.79 Å². The number of anilines is 1. The lowest BCUT2D eigenvalue weighted by Crippen LogP contribution is -2.41. The largest absolute Gasteiger partial charge is 0.329 e. The van der Waals surface area contributed by atoms with Gasteiger partial charge >= 0.3 is 0 Å². The van der Waals surface area contributed by atoms with Crippen LogP contribution in [0.2, 0.25) is 0 Å². The Morgan fingerprint density at radius 3 is 2.55 bits per heavy atom. The Kier molecular flexibility index (Phi) is 7.36. The molecule has 0 spiro atoms. The summed E-state index contributed by atoms with van der Waals surface area (Å²) in [5.41, 5.74) is 6.48. The molecule has 1 aromatic heterocycles. The van der Waals surface area contributed by atoms with Gasteiger partial charge in [-0.05, 0) is 25.7 Å². The standard InChI is InChI=1S/C16H28N4O.ClH/c1-3-16(4-2,11-17)15(21)18-14-10-13(19-20-14)12-8-6-5-7-9-12;/h10,12H,3-9,11,17H2,1-2H3,(H2,18,19,20,21);1H. The Labute approximate surface area is 139 Å². The van der Waals surface area contributed by atoms with E-state index in [0.717, 1.165) is 18.5 Å². The van der Waals surface area contributed by atoms with Crippen molar-refractivity contribution in [3.05, 3.63) is 11.8 Å². The lowest BCUT2D eigenvalue weighted by Gasteiger charge is -2.27. The zero-order chi connectivity index (χ0) is 15.3. The summed E-state index contributed by atoms with van der Waals surface area (Å²) in [7, 11) is 0. The molecule has 1 fully saturated rings. The van der Waals surface area contributed by atoms with Crippen LogP contribution >= 0.6 is 12.4 Å². The molecule has 0 bridgehead atoms. The number of hydrogen-bond acceptors (Lipinski definition) is 3. The molecule has 1 saturated carbocycles. The van der Waals surface area contributed by atoms with Crippen molar-refractivity contribution in [2.45, 2.75) is 64.7 Å². The molecule has 0 unspecified atom stereocenters. The fraction of sp³-hybridized carbons (Fsp3) is 0.750. The first-order valence-electron chi connectivity index (χ1n) is 8.22. The number of halogens is 1. The Balaban J connectivity index is 0.00000242. The van der Waals surface area contributed by atoms with Gasteiger partial charge in [-0.1, -0.05) is 33.1 Å². The summed E-state index contributed by atoms with van der Waals surface area (Å²) in [6.45, 7) is 4.38. The first-order chi connectivity index (χ1) is 10.1. The van der Waals surface area contributed by atoms with Crippen LogP contribution in [0.25, 0.3) is 0 Å². The third-order valence-electron chi connectivity index (χ3n) is 5.11. The summed E-state index contributed by atoms with van der Waals surface area (Å²) in [5, 5.41) is 10.3. The Morgan fingerprint density at radius 2 is 2.00 bits per heavy atom. The van der Waals surface area contributed by atoms with Crippen molar-refractivity contribution in [3.63, 3.8) is 0 Å². The number of nitrogens with two attached hydrogens (primary N) is 1. The molecule has 1 heterocycles. The number of carbonyl (C=O) groups excluding carboxylic acids is 1. The van der Waals surface area contributed by atoms with E-state index in [4.69, 9.17) is 5.73 Å². The molecule has 1 aromatic rings. The van der Waals surface area contributed by atoms with E-state index >= 15 is 0 Å². The van der Waals surface area contributed by atoms with Crippen LogP contribution in [0.15, 0.2) is 6.07 Å². The normalized spacial score (nSPS) is 16.1. The van der Waals surface area contributed by atoms with Gasteiger partial charge in [0.25, 0.3) is 0 Å². The van der Waals surface area contributed by atoms with Crippen LogP contribution in [-0.4, -0.2) is 22.6 Å². The Morgan fingerprint density at radius 1 is 1.36 bits per heavy atom. The van der Waals surface area contributed by atoms with E-state index in [1.165, 1.54) is 32.1 Å². The van der Waals surface area contributed by atoms with Crippen LogP contribution < -0.4 is 11.1 Å². The Hall–Kier alpha value is -1.07. The molecule has 5 nitrogen and oxygen atoms in total. The number of nitrogens with one attached hydrogen (secondary N) is 2. The molecule has 0 saturated heterocycles. The maximum absolute atomic E-state index is 12.5. The van der Waals surface area contributed by atoms with Gasteiger partial charge in [0.2, 0.25) is 5.91 Å². The topological polar surface area (TPSA) is 83.8 Å². The van der Waals surface area contributed by atoms with E-state index in [-0.39, 0.29) is 18.3 Å². The molecule has 0 aromatic carbocycles. The second-order valence-corrected chi connectivity index (χ2v) is 6.19. The predicted octanol–water partition coefficient (Wildman–Crippen LogP) is 3.58. The minimum Gasteiger partial charge on any atom is -0.329 e. The second kappa shape index (κ2) is 8.53. The minimum absolute atomic E-state index is 0. The van der Waals surface area contributed by atoms with Gasteiger partial charge in [0.1, 0.15) is 0 Å². The van der Waals surface area contributed by atoms with Crippen LogP contribution in [0, 0.1) is 5.41 Å². The molecule has 126 valence electrons. The van der Waals surface area contributed by atoms with Gasteiger partial charge in [-0.2, -0.15) is 5.10 Å². The SMILES string of the molecule is CCC(CC)(CN)C(=O)Nc1cc(C2CCCCC2)[nH]n1.Cl. The molecule has 1 aliphatic carbocycles. The maximum Gasteiger partial charge on any atom is 0.233 e. The molecule has 1 amide bonds. The van der Waals surface area contributed by atoms with Gasteiger partial charge in [-0.3, -0.25) is 9.89 Å². The molecule has 0 aliphatic heterocycles. The number of aromatic amines is 1. The van der Waals surface area contributed by atoms with Crippen LogP contribution in [0.4, 0.5) is 5.82 Å². The van der Waals surface area contributed by atoms with Crippen LogP contribution in [0.5, 0.6) is 0 Å². The average molecular weight is 329 g/mol. The van der Waals surface area contributed by atoms with Crippen molar-refractivity contribution in [2.75, 3.05) is 11.9 Å². The van der Waals surface area contributed by atoms with Gasteiger partial charge < -0.3 is 11.1 Å². The van der Waals surface area contributed by atoms with E-state index in [9.17, 15) is 4.79 Å². The van der Waals surface area contributed by atoms with Gasteiger partial charge in [-0.15, -0.1) is 12.4 Å². The summed E-state index contributed by atoms with van der Waals surface area (Å²) in [6, 6.07) is 1.99. The Bertz CT molecular complexity index is 456. The third-order valence-corrected chi connectivity index (χ3v) is 5.11.